The van der Waals surface area contributed by atoms with E-state index in [-0.39, 0.29) is 5.91 Å². The molecule has 1 aromatic heterocycles. The highest BCUT2D eigenvalue weighted by Gasteiger charge is 2.36. The van der Waals surface area contributed by atoms with E-state index in [1.165, 1.54) is 4.90 Å². The molecular weight excluding hydrogens is 282 g/mol. The van der Waals surface area contributed by atoms with E-state index in [1.807, 2.05) is 24.3 Å². The maximum Gasteiger partial charge on any atom is 0.326 e. The summed E-state index contributed by atoms with van der Waals surface area (Å²) in [7, 11) is 1.74. The van der Waals surface area contributed by atoms with Gasteiger partial charge in [0.1, 0.15) is 11.7 Å². The van der Waals surface area contributed by atoms with Crippen LogP contribution in [0.1, 0.15) is 27.3 Å². The number of carbonyl (C=O) groups is 2. The van der Waals surface area contributed by atoms with Crippen molar-refractivity contribution in [3.8, 4) is 0 Å². The summed E-state index contributed by atoms with van der Waals surface area (Å²) in [6.07, 6.45) is 1.89. The molecule has 1 amide bonds. The molecule has 1 N–H and O–H groups in total. The fraction of sp³-hybridized carbons (Fsp3) is 0.312. The SMILES string of the molecule is Cc1ncn(C)c1C(=O)N1Cc2ccccc2CC1C(=O)O. The van der Waals surface area contributed by atoms with Crippen LogP contribution in [0, 0.1) is 6.92 Å². The van der Waals surface area contributed by atoms with E-state index in [0.717, 1.165) is 11.1 Å². The third-order valence-corrected chi connectivity index (χ3v) is 4.12. The summed E-state index contributed by atoms with van der Waals surface area (Å²) in [5, 5.41) is 9.50. The van der Waals surface area contributed by atoms with Crippen molar-refractivity contribution in [3.05, 3.63) is 53.1 Å². The molecule has 1 aliphatic heterocycles. The number of aliphatic carboxylic acids is 1. The molecule has 0 aliphatic carbocycles. The number of amides is 1. The Kier molecular flexibility index (Phi) is 3.44. The molecule has 0 spiro atoms. The summed E-state index contributed by atoms with van der Waals surface area (Å²) in [4.78, 5) is 30.0. The zero-order chi connectivity index (χ0) is 15.9. The number of carboxylic acid groups (broad SMARTS) is 1. The standard InChI is InChI=1S/C16H17N3O3/c1-10-14(18(2)9-17-10)15(20)19-8-12-6-4-3-5-11(12)7-13(19)16(21)22/h3-6,9,13H,7-8H2,1-2H3,(H,21,22). The first kappa shape index (κ1) is 14.3. The maximum atomic E-state index is 12.8. The molecule has 0 saturated carbocycles. The smallest absolute Gasteiger partial charge is 0.326 e. The van der Waals surface area contributed by atoms with Gasteiger partial charge in [0.05, 0.1) is 12.0 Å². The van der Waals surface area contributed by atoms with Gasteiger partial charge in [-0.2, -0.15) is 0 Å². The second-order valence-electron chi connectivity index (χ2n) is 5.55. The number of carboxylic acids is 1. The van der Waals surface area contributed by atoms with Crippen LogP contribution in [0.15, 0.2) is 30.6 Å². The number of imidazole rings is 1. The average molecular weight is 299 g/mol. The number of carbonyl (C=O) groups excluding carboxylic acids is 1. The van der Waals surface area contributed by atoms with E-state index in [1.54, 1.807) is 24.9 Å². The van der Waals surface area contributed by atoms with Gasteiger partial charge >= 0.3 is 5.97 Å². The van der Waals surface area contributed by atoms with Gasteiger partial charge in [0.2, 0.25) is 0 Å². The zero-order valence-corrected chi connectivity index (χ0v) is 12.5. The Morgan fingerprint density at radius 3 is 2.55 bits per heavy atom. The molecule has 114 valence electrons. The molecular formula is C16H17N3O3. The van der Waals surface area contributed by atoms with Crippen LogP contribution in [-0.4, -0.2) is 37.5 Å². The zero-order valence-electron chi connectivity index (χ0n) is 12.5. The number of nitrogens with zero attached hydrogens (tertiary/aromatic N) is 3. The van der Waals surface area contributed by atoms with Gasteiger partial charge in [-0.05, 0) is 18.1 Å². The predicted octanol–water partition coefficient (Wildman–Crippen LogP) is 1.38. The van der Waals surface area contributed by atoms with Crippen molar-refractivity contribution in [2.45, 2.75) is 25.9 Å². The van der Waals surface area contributed by atoms with Crippen molar-refractivity contribution in [2.75, 3.05) is 0 Å². The average Bonchev–Trinajstić information content (AvgIpc) is 2.84. The minimum Gasteiger partial charge on any atom is -0.480 e. The lowest BCUT2D eigenvalue weighted by atomic mass is 9.93. The molecule has 6 heteroatoms. The molecule has 22 heavy (non-hydrogen) atoms. The van der Waals surface area contributed by atoms with Crippen molar-refractivity contribution in [1.82, 2.24) is 14.5 Å². The third-order valence-electron chi connectivity index (χ3n) is 4.12. The largest absolute Gasteiger partial charge is 0.480 e. The second-order valence-corrected chi connectivity index (χ2v) is 5.55. The minimum absolute atomic E-state index is 0.292. The van der Waals surface area contributed by atoms with Crippen LogP contribution in [0.2, 0.25) is 0 Å². The van der Waals surface area contributed by atoms with Crippen LogP contribution in [0.4, 0.5) is 0 Å². The lowest BCUT2D eigenvalue weighted by molar-refractivity contribution is -0.142. The van der Waals surface area contributed by atoms with Crippen LogP contribution in [0.3, 0.4) is 0 Å². The number of hydrogen-bond acceptors (Lipinski definition) is 3. The number of rotatable bonds is 2. The van der Waals surface area contributed by atoms with Gasteiger partial charge in [-0.3, -0.25) is 4.79 Å². The number of fused-ring (bicyclic) bond motifs is 1. The predicted molar refractivity (Wildman–Crippen MR) is 79.4 cm³/mol. The topological polar surface area (TPSA) is 75.4 Å². The van der Waals surface area contributed by atoms with Gasteiger partial charge in [-0.15, -0.1) is 0 Å². The van der Waals surface area contributed by atoms with Crippen molar-refractivity contribution < 1.29 is 14.7 Å². The Bertz CT molecular complexity index is 731. The molecule has 3 rings (SSSR count). The molecule has 1 unspecified atom stereocenters. The highest BCUT2D eigenvalue weighted by molar-refractivity contribution is 5.96. The molecule has 0 radical (unpaired) electrons. The van der Waals surface area contributed by atoms with E-state index in [9.17, 15) is 14.7 Å². The molecule has 1 aromatic carbocycles. The molecule has 6 nitrogen and oxygen atoms in total. The molecule has 2 aromatic rings. The first-order chi connectivity index (χ1) is 10.5. The van der Waals surface area contributed by atoms with E-state index in [2.05, 4.69) is 4.98 Å². The monoisotopic (exact) mass is 299 g/mol. The Labute approximate surface area is 128 Å². The lowest BCUT2D eigenvalue weighted by Gasteiger charge is -2.34. The van der Waals surface area contributed by atoms with Gasteiger partial charge in [-0.1, -0.05) is 24.3 Å². The van der Waals surface area contributed by atoms with Crippen LogP contribution >= 0.6 is 0 Å². The molecule has 2 heterocycles. The molecule has 0 saturated heterocycles. The third kappa shape index (κ3) is 2.26. The van der Waals surface area contributed by atoms with E-state index < -0.39 is 12.0 Å². The minimum atomic E-state index is -0.984. The molecule has 1 aliphatic rings. The van der Waals surface area contributed by atoms with Crippen LogP contribution in [-0.2, 0) is 24.8 Å². The maximum absolute atomic E-state index is 12.8. The van der Waals surface area contributed by atoms with Crippen molar-refractivity contribution in [2.24, 2.45) is 7.05 Å². The molecule has 0 fully saturated rings. The van der Waals surface area contributed by atoms with E-state index in [0.29, 0.717) is 24.4 Å². The van der Waals surface area contributed by atoms with Gasteiger partial charge in [-0.25, -0.2) is 9.78 Å². The number of aromatic nitrogens is 2. The fourth-order valence-electron chi connectivity index (χ4n) is 2.95. The summed E-state index contributed by atoms with van der Waals surface area (Å²) in [5.74, 6) is -1.28. The highest BCUT2D eigenvalue weighted by atomic mass is 16.4. The quantitative estimate of drug-likeness (QED) is 0.909. The number of hydrogen-bond donors (Lipinski definition) is 1. The van der Waals surface area contributed by atoms with E-state index in [4.69, 9.17) is 0 Å². The first-order valence-electron chi connectivity index (χ1n) is 7.07. The lowest BCUT2D eigenvalue weighted by Crippen LogP contribution is -2.49. The summed E-state index contributed by atoms with van der Waals surface area (Å²) < 4.78 is 1.64. The Morgan fingerprint density at radius 2 is 1.95 bits per heavy atom. The van der Waals surface area contributed by atoms with Gasteiger partial charge in [0.15, 0.2) is 0 Å². The van der Waals surface area contributed by atoms with Gasteiger partial charge in [0.25, 0.3) is 5.91 Å². The van der Waals surface area contributed by atoms with Crippen molar-refractivity contribution in [1.29, 1.82) is 0 Å². The van der Waals surface area contributed by atoms with E-state index >= 15 is 0 Å². The summed E-state index contributed by atoms with van der Waals surface area (Å²) in [6, 6.07) is 6.79. The fourth-order valence-corrected chi connectivity index (χ4v) is 2.95. The van der Waals surface area contributed by atoms with Gasteiger partial charge < -0.3 is 14.6 Å². The summed E-state index contributed by atoms with van der Waals surface area (Å²) in [5.41, 5.74) is 3.02. The summed E-state index contributed by atoms with van der Waals surface area (Å²) >= 11 is 0. The second kappa shape index (κ2) is 5.29. The Morgan fingerprint density at radius 1 is 1.27 bits per heavy atom. The van der Waals surface area contributed by atoms with Crippen LogP contribution in [0.25, 0.3) is 0 Å². The van der Waals surface area contributed by atoms with Crippen LogP contribution < -0.4 is 0 Å². The molecule has 0 bridgehead atoms. The van der Waals surface area contributed by atoms with Crippen molar-refractivity contribution >= 4 is 11.9 Å². The van der Waals surface area contributed by atoms with Crippen molar-refractivity contribution in [3.63, 3.8) is 0 Å². The number of benzene rings is 1. The molecule has 1 atom stereocenters. The Balaban J connectivity index is 2.01. The normalized spacial score (nSPS) is 17.2. The first-order valence-corrected chi connectivity index (χ1v) is 7.07. The van der Waals surface area contributed by atoms with Crippen LogP contribution in [0.5, 0.6) is 0 Å². The number of aryl methyl sites for hydroxylation is 2. The van der Waals surface area contributed by atoms with Gasteiger partial charge in [0, 0.05) is 20.0 Å². The highest BCUT2D eigenvalue weighted by Crippen LogP contribution is 2.25. The Hall–Kier alpha value is -2.63. The summed E-state index contributed by atoms with van der Waals surface area (Å²) in [6.45, 7) is 2.05.